The van der Waals surface area contributed by atoms with Gasteiger partial charge in [-0.3, -0.25) is 4.79 Å². The summed E-state index contributed by atoms with van der Waals surface area (Å²) in [4.78, 5) is 14.9. The van der Waals surface area contributed by atoms with E-state index in [0.29, 0.717) is 51.6 Å². The second-order valence-corrected chi connectivity index (χ2v) is 7.36. The Morgan fingerprint density at radius 2 is 1.88 bits per heavy atom. The molecule has 5 nitrogen and oxygen atoms in total. The molecule has 1 aliphatic rings. The van der Waals surface area contributed by atoms with Gasteiger partial charge in [0, 0.05) is 24.7 Å². The van der Waals surface area contributed by atoms with Crippen molar-refractivity contribution in [3.63, 3.8) is 0 Å². The van der Waals surface area contributed by atoms with Crippen molar-refractivity contribution in [2.75, 3.05) is 13.1 Å². The van der Waals surface area contributed by atoms with E-state index in [1.165, 1.54) is 0 Å². The maximum atomic E-state index is 13.1. The Balaban J connectivity index is 0.00000243. The molecule has 0 aliphatic carbocycles. The molecule has 0 saturated carbocycles. The van der Waals surface area contributed by atoms with Gasteiger partial charge in [-0.2, -0.15) is 0 Å². The molecule has 1 unspecified atom stereocenters. The smallest absolute Gasteiger partial charge is 0.259 e. The molecule has 1 aliphatic heterocycles. The van der Waals surface area contributed by atoms with Crippen molar-refractivity contribution in [1.29, 1.82) is 0 Å². The van der Waals surface area contributed by atoms with Crippen LogP contribution < -0.4 is 5.73 Å². The number of halogens is 3. The van der Waals surface area contributed by atoms with E-state index in [4.69, 9.17) is 33.5 Å². The Morgan fingerprint density at radius 3 is 2.42 bits per heavy atom. The number of aryl methyl sites for hydroxylation is 1. The van der Waals surface area contributed by atoms with Crippen LogP contribution in [0.25, 0.3) is 11.3 Å². The number of nitrogens with two attached hydrogens (primary N) is 1. The van der Waals surface area contributed by atoms with Gasteiger partial charge in [0.2, 0.25) is 0 Å². The van der Waals surface area contributed by atoms with Crippen molar-refractivity contribution in [2.24, 2.45) is 11.7 Å². The zero-order chi connectivity index (χ0) is 18.1. The molecule has 1 fully saturated rings. The third kappa shape index (κ3) is 4.01. The molecule has 0 bridgehead atoms. The van der Waals surface area contributed by atoms with E-state index in [1.807, 2.05) is 11.8 Å². The summed E-state index contributed by atoms with van der Waals surface area (Å²) in [5.41, 5.74) is 7.33. The maximum Gasteiger partial charge on any atom is 0.259 e. The van der Waals surface area contributed by atoms with Crippen LogP contribution in [0.15, 0.2) is 22.7 Å². The van der Waals surface area contributed by atoms with E-state index >= 15 is 0 Å². The Morgan fingerprint density at radius 1 is 1.31 bits per heavy atom. The zero-order valence-corrected chi connectivity index (χ0v) is 17.0. The highest BCUT2D eigenvalue weighted by Gasteiger charge is 2.31. The van der Waals surface area contributed by atoms with Crippen LogP contribution in [0, 0.1) is 12.8 Å². The van der Waals surface area contributed by atoms with Crippen LogP contribution >= 0.6 is 35.6 Å². The normalized spacial score (nSPS) is 16.3. The lowest BCUT2D eigenvalue weighted by Crippen LogP contribution is -2.42. The Hall–Kier alpha value is -1.27. The molecule has 1 saturated heterocycles. The molecule has 1 atom stereocenters. The van der Waals surface area contributed by atoms with Gasteiger partial charge in [0.1, 0.15) is 17.0 Å². The molecule has 2 aromatic rings. The van der Waals surface area contributed by atoms with Gasteiger partial charge in [-0.15, -0.1) is 12.4 Å². The first-order valence-corrected chi connectivity index (χ1v) is 9.11. The number of rotatable bonds is 3. The van der Waals surface area contributed by atoms with E-state index < -0.39 is 0 Å². The van der Waals surface area contributed by atoms with Crippen molar-refractivity contribution in [3.05, 3.63) is 39.6 Å². The summed E-state index contributed by atoms with van der Waals surface area (Å²) in [6, 6.07) is 5.33. The number of carbonyl (C=O) groups excluding carboxylic acids is 1. The van der Waals surface area contributed by atoms with Crippen molar-refractivity contribution in [2.45, 2.75) is 32.7 Å². The second kappa shape index (κ2) is 8.61. The highest BCUT2D eigenvalue weighted by atomic mass is 35.5. The van der Waals surface area contributed by atoms with Gasteiger partial charge in [-0.25, -0.2) is 0 Å². The summed E-state index contributed by atoms with van der Waals surface area (Å²) in [6.45, 7) is 5.09. The highest BCUT2D eigenvalue weighted by Crippen LogP contribution is 2.37. The number of aromatic nitrogens is 1. The molecular weight excluding hydrogens is 397 g/mol. The maximum absolute atomic E-state index is 13.1. The lowest BCUT2D eigenvalue weighted by Gasteiger charge is -2.33. The largest absolute Gasteiger partial charge is 0.360 e. The number of likely N-dealkylation sites (tertiary alicyclic amines) is 1. The van der Waals surface area contributed by atoms with Gasteiger partial charge in [0.15, 0.2) is 0 Å². The molecule has 3 rings (SSSR count). The van der Waals surface area contributed by atoms with Crippen molar-refractivity contribution < 1.29 is 9.32 Å². The SMILES string of the molecule is Cc1onc(-c2c(Cl)cccc2Cl)c1C(=O)N1CCC(C(C)N)CC1.Cl. The second-order valence-electron chi connectivity index (χ2n) is 6.55. The minimum Gasteiger partial charge on any atom is -0.360 e. The van der Waals surface area contributed by atoms with E-state index in [2.05, 4.69) is 5.16 Å². The lowest BCUT2D eigenvalue weighted by molar-refractivity contribution is 0.0680. The summed E-state index contributed by atoms with van der Waals surface area (Å²) in [5, 5.41) is 4.93. The van der Waals surface area contributed by atoms with E-state index in [0.717, 1.165) is 12.8 Å². The van der Waals surface area contributed by atoms with Crippen LogP contribution in [-0.4, -0.2) is 35.1 Å². The van der Waals surface area contributed by atoms with Crippen LogP contribution in [0.2, 0.25) is 10.0 Å². The Labute approximate surface area is 169 Å². The number of piperidine rings is 1. The number of nitrogens with zero attached hydrogens (tertiary/aromatic N) is 2. The van der Waals surface area contributed by atoms with Crippen molar-refractivity contribution in [1.82, 2.24) is 10.1 Å². The molecule has 8 heteroatoms. The topological polar surface area (TPSA) is 72.4 Å². The van der Waals surface area contributed by atoms with Crippen LogP contribution in [-0.2, 0) is 0 Å². The van der Waals surface area contributed by atoms with E-state index in [-0.39, 0.29) is 24.4 Å². The third-order valence-electron chi connectivity index (χ3n) is 4.85. The van der Waals surface area contributed by atoms with Gasteiger partial charge < -0.3 is 15.2 Å². The van der Waals surface area contributed by atoms with Crippen LogP contribution in [0.1, 0.15) is 35.9 Å². The summed E-state index contributed by atoms with van der Waals surface area (Å²) >= 11 is 12.6. The molecule has 142 valence electrons. The van der Waals surface area contributed by atoms with Crippen molar-refractivity contribution in [3.8, 4) is 11.3 Å². The molecular formula is C18H22Cl3N3O2. The summed E-state index contributed by atoms with van der Waals surface area (Å²) in [6.07, 6.45) is 1.80. The number of hydrogen-bond donors (Lipinski definition) is 1. The molecule has 1 amide bonds. The first-order chi connectivity index (χ1) is 11.9. The molecule has 0 radical (unpaired) electrons. The predicted molar refractivity (Wildman–Crippen MR) is 106 cm³/mol. The monoisotopic (exact) mass is 417 g/mol. The molecule has 1 aromatic carbocycles. The third-order valence-corrected chi connectivity index (χ3v) is 5.48. The fraction of sp³-hybridized carbons (Fsp3) is 0.444. The Bertz CT molecular complexity index is 764. The summed E-state index contributed by atoms with van der Waals surface area (Å²) < 4.78 is 5.30. The number of amides is 1. The van der Waals surface area contributed by atoms with Crippen molar-refractivity contribution >= 4 is 41.5 Å². The van der Waals surface area contributed by atoms with Crippen LogP contribution in [0.4, 0.5) is 0 Å². The number of carbonyl (C=O) groups is 1. The molecule has 26 heavy (non-hydrogen) atoms. The fourth-order valence-electron chi connectivity index (χ4n) is 3.31. The minimum atomic E-state index is -0.104. The molecule has 0 spiro atoms. The molecule has 1 aromatic heterocycles. The van der Waals surface area contributed by atoms with Gasteiger partial charge in [0.05, 0.1) is 10.0 Å². The highest BCUT2D eigenvalue weighted by molar-refractivity contribution is 6.39. The number of hydrogen-bond acceptors (Lipinski definition) is 4. The molecule has 2 heterocycles. The summed E-state index contributed by atoms with van der Waals surface area (Å²) in [5.74, 6) is 0.809. The average molecular weight is 419 g/mol. The lowest BCUT2D eigenvalue weighted by atomic mass is 9.90. The van der Waals surface area contributed by atoms with Gasteiger partial charge in [-0.1, -0.05) is 34.4 Å². The van der Waals surface area contributed by atoms with Crippen LogP contribution in [0.5, 0.6) is 0 Å². The van der Waals surface area contributed by atoms with Gasteiger partial charge >= 0.3 is 0 Å². The zero-order valence-electron chi connectivity index (χ0n) is 14.7. The first-order valence-electron chi connectivity index (χ1n) is 8.35. The minimum absolute atomic E-state index is 0. The van der Waals surface area contributed by atoms with Crippen LogP contribution in [0.3, 0.4) is 0 Å². The average Bonchev–Trinajstić information content (AvgIpc) is 2.95. The van der Waals surface area contributed by atoms with Gasteiger partial charge in [-0.05, 0) is 44.7 Å². The van der Waals surface area contributed by atoms with E-state index in [9.17, 15) is 4.79 Å². The fourth-order valence-corrected chi connectivity index (χ4v) is 3.88. The summed E-state index contributed by atoms with van der Waals surface area (Å²) in [7, 11) is 0. The molecule has 2 N–H and O–H groups in total. The Kier molecular flexibility index (Phi) is 6.97. The van der Waals surface area contributed by atoms with Gasteiger partial charge in [0.25, 0.3) is 5.91 Å². The van der Waals surface area contributed by atoms with E-state index in [1.54, 1.807) is 25.1 Å². The number of benzene rings is 1. The first kappa shape index (κ1) is 21.0. The quantitative estimate of drug-likeness (QED) is 0.792. The predicted octanol–water partition coefficient (Wildman–Crippen LogP) is 4.58. The standard InChI is InChI=1S/C18H21Cl2N3O2.ClH/c1-10(21)12-6-8-23(9-7-12)18(24)15-11(2)25-22-17(15)16-13(19)4-3-5-14(16)20;/h3-5,10,12H,6-9,21H2,1-2H3;1H.